The van der Waals surface area contributed by atoms with E-state index in [2.05, 4.69) is 31.0 Å². The van der Waals surface area contributed by atoms with Gasteiger partial charge in [0.2, 0.25) is 0 Å². The Hall–Kier alpha value is -0.160. The van der Waals surface area contributed by atoms with E-state index in [1.54, 1.807) is 7.11 Å². The maximum atomic E-state index is 5.57. The Morgan fingerprint density at radius 2 is 2.05 bits per heavy atom. The van der Waals surface area contributed by atoms with Crippen molar-refractivity contribution in [2.45, 2.75) is 52.1 Å². The third kappa shape index (κ3) is 6.53. The van der Waals surface area contributed by atoms with E-state index in [9.17, 15) is 0 Å². The molecule has 120 valence electrons. The highest BCUT2D eigenvalue weighted by atomic mass is 16.5. The molecule has 0 saturated carbocycles. The Kier molecular flexibility index (Phi) is 9.44. The molecule has 1 aliphatic heterocycles. The number of hydrogen-bond acceptors (Lipinski definition) is 4. The number of nitrogens with zero attached hydrogens (tertiary/aromatic N) is 1. The van der Waals surface area contributed by atoms with Gasteiger partial charge >= 0.3 is 0 Å². The molecule has 20 heavy (non-hydrogen) atoms. The summed E-state index contributed by atoms with van der Waals surface area (Å²) in [5, 5.41) is 3.71. The lowest BCUT2D eigenvalue weighted by Gasteiger charge is -2.42. The normalized spacial score (nSPS) is 24.4. The largest absolute Gasteiger partial charge is 0.382 e. The van der Waals surface area contributed by atoms with E-state index in [0.717, 1.165) is 26.1 Å². The Morgan fingerprint density at radius 3 is 2.70 bits per heavy atom. The fraction of sp³-hybridized carbons (Fsp3) is 1.00. The van der Waals surface area contributed by atoms with Gasteiger partial charge in [-0.2, -0.15) is 0 Å². The molecule has 2 atom stereocenters. The fourth-order valence-corrected chi connectivity index (χ4v) is 2.84. The van der Waals surface area contributed by atoms with Crippen molar-refractivity contribution in [2.75, 3.05) is 46.6 Å². The zero-order valence-corrected chi connectivity index (χ0v) is 13.9. The lowest BCUT2D eigenvalue weighted by Crippen LogP contribution is -2.58. The van der Waals surface area contributed by atoms with E-state index in [1.807, 2.05) is 0 Å². The molecule has 0 aromatic carbocycles. The predicted octanol–water partition coefficient (Wildman–Crippen LogP) is 2.14. The molecule has 1 N–H and O–H groups in total. The van der Waals surface area contributed by atoms with Crippen molar-refractivity contribution >= 4 is 0 Å². The van der Waals surface area contributed by atoms with Gasteiger partial charge in [0, 0.05) is 45.4 Å². The topological polar surface area (TPSA) is 33.7 Å². The smallest absolute Gasteiger partial charge is 0.0700 e. The molecule has 0 amide bonds. The summed E-state index contributed by atoms with van der Waals surface area (Å²) in [7, 11) is 1.71. The SMILES string of the molecule is CCCC1CNC(C(C)C)CN1CCCOCCOC. The van der Waals surface area contributed by atoms with Crippen LogP contribution in [0.4, 0.5) is 0 Å². The molecule has 4 heteroatoms. The van der Waals surface area contributed by atoms with E-state index in [0.29, 0.717) is 31.2 Å². The minimum atomic E-state index is 0.637. The van der Waals surface area contributed by atoms with Crippen LogP contribution >= 0.6 is 0 Å². The lowest BCUT2D eigenvalue weighted by atomic mass is 9.97. The molecular formula is C16H34N2O2. The third-order valence-electron chi connectivity index (χ3n) is 4.16. The summed E-state index contributed by atoms with van der Waals surface area (Å²) >= 11 is 0. The standard InChI is InChI=1S/C16H34N2O2/c1-5-7-15-12-17-16(14(2)3)13-18(15)8-6-9-20-11-10-19-4/h14-17H,5-13H2,1-4H3. The molecule has 4 nitrogen and oxygen atoms in total. The van der Waals surface area contributed by atoms with Gasteiger partial charge in [0.1, 0.15) is 0 Å². The molecule has 0 spiro atoms. The summed E-state index contributed by atoms with van der Waals surface area (Å²) in [6.45, 7) is 12.6. The first kappa shape index (κ1) is 17.9. The van der Waals surface area contributed by atoms with Gasteiger partial charge in [-0.25, -0.2) is 0 Å². The minimum absolute atomic E-state index is 0.637. The molecular weight excluding hydrogens is 252 g/mol. The van der Waals surface area contributed by atoms with Crippen molar-refractivity contribution in [1.82, 2.24) is 10.2 Å². The number of rotatable bonds is 10. The van der Waals surface area contributed by atoms with Gasteiger partial charge in [0.15, 0.2) is 0 Å². The van der Waals surface area contributed by atoms with Gasteiger partial charge < -0.3 is 14.8 Å². The first-order chi connectivity index (χ1) is 9.69. The Morgan fingerprint density at radius 1 is 1.25 bits per heavy atom. The summed E-state index contributed by atoms with van der Waals surface area (Å²) in [6, 6.07) is 1.34. The second-order valence-corrected chi connectivity index (χ2v) is 6.15. The van der Waals surface area contributed by atoms with Gasteiger partial charge in [-0.05, 0) is 18.8 Å². The zero-order valence-electron chi connectivity index (χ0n) is 13.9. The van der Waals surface area contributed by atoms with Crippen molar-refractivity contribution in [3.05, 3.63) is 0 Å². The predicted molar refractivity (Wildman–Crippen MR) is 84.2 cm³/mol. The van der Waals surface area contributed by atoms with E-state index in [4.69, 9.17) is 9.47 Å². The average molecular weight is 286 g/mol. The number of piperazine rings is 1. The van der Waals surface area contributed by atoms with Crippen LogP contribution in [0.3, 0.4) is 0 Å². The molecule has 0 aromatic rings. The molecule has 0 aromatic heterocycles. The second-order valence-electron chi connectivity index (χ2n) is 6.15. The molecule has 2 unspecified atom stereocenters. The molecule has 1 rings (SSSR count). The van der Waals surface area contributed by atoms with Crippen molar-refractivity contribution < 1.29 is 9.47 Å². The molecule has 0 aliphatic carbocycles. The van der Waals surface area contributed by atoms with Gasteiger partial charge in [0.25, 0.3) is 0 Å². The van der Waals surface area contributed by atoms with Gasteiger partial charge in [-0.3, -0.25) is 4.90 Å². The van der Waals surface area contributed by atoms with Gasteiger partial charge in [-0.15, -0.1) is 0 Å². The van der Waals surface area contributed by atoms with Crippen LogP contribution in [-0.2, 0) is 9.47 Å². The van der Waals surface area contributed by atoms with Crippen LogP contribution in [0, 0.1) is 5.92 Å². The van der Waals surface area contributed by atoms with E-state index in [-0.39, 0.29) is 0 Å². The lowest BCUT2D eigenvalue weighted by molar-refractivity contribution is 0.0545. The zero-order chi connectivity index (χ0) is 14.8. The van der Waals surface area contributed by atoms with Crippen LogP contribution in [0.25, 0.3) is 0 Å². The van der Waals surface area contributed by atoms with E-state index >= 15 is 0 Å². The average Bonchev–Trinajstić information content (AvgIpc) is 2.44. The highest BCUT2D eigenvalue weighted by Gasteiger charge is 2.28. The number of ether oxygens (including phenoxy) is 2. The van der Waals surface area contributed by atoms with Crippen LogP contribution in [0.5, 0.6) is 0 Å². The molecule has 1 aliphatic rings. The highest BCUT2D eigenvalue weighted by Crippen LogP contribution is 2.16. The molecule has 1 saturated heterocycles. The molecule has 1 fully saturated rings. The van der Waals surface area contributed by atoms with Gasteiger partial charge in [-0.1, -0.05) is 27.2 Å². The van der Waals surface area contributed by atoms with Crippen molar-refractivity contribution in [2.24, 2.45) is 5.92 Å². The van der Waals surface area contributed by atoms with E-state index < -0.39 is 0 Å². The van der Waals surface area contributed by atoms with Crippen LogP contribution < -0.4 is 5.32 Å². The highest BCUT2D eigenvalue weighted by molar-refractivity contribution is 4.87. The summed E-state index contributed by atoms with van der Waals surface area (Å²) in [5.74, 6) is 0.707. The quantitative estimate of drug-likeness (QED) is 0.624. The monoisotopic (exact) mass is 286 g/mol. The molecule has 0 radical (unpaired) electrons. The molecule has 1 heterocycles. The summed E-state index contributed by atoms with van der Waals surface area (Å²) < 4.78 is 10.6. The Balaban J connectivity index is 2.28. The Labute approximate surface area is 125 Å². The maximum absolute atomic E-state index is 5.57. The first-order valence-electron chi connectivity index (χ1n) is 8.23. The number of hydrogen-bond donors (Lipinski definition) is 1. The fourth-order valence-electron chi connectivity index (χ4n) is 2.84. The van der Waals surface area contributed by atoms with Crippen molar-refractivity contribution in [3.63, 3.8) is 0 Å². The molecule has 0 bridgehead atoms. The first-order valence-corrected chi connectivity index (χ1v) is 8.23. The summed E-state index contributed by atoms with van der Waals surface area (Å²) in [6.07, 6.45) is 3.68. The van der Waals surface area contributed by atoms with Crippen LogP contribution in [0.2, 0.25) is 0 Å². The van der Waals surface area contributed by atoms with Crippen LogP contribution in [0.15, 0.2) is 0 Å². The van der Waals surface area contributed by atoms with E-state index in [1.165, 1.54) is 19.4 Å². The number of nitrogens with one attached hydrogen (secondary N) is 1. The third-order valence-corrected chi connectivity index (χ3v) is 4.16. The summed E-state index contributed by atoms with van der Waals surface area (Å²) in [5.41, 5.74) is 0. The number of methoxy groups -OCH3 is 1. The Bertz CT molecular complexity index is 237. The maximum Gasteiger partial charge on any atom is 0.0700 e. The van der Waals surface area contributed by atoms with Gasteiger partial charge in [0.05, 0.1) is 13.2 Å². The van der Waals surface area contributed by atoms with Crippen LogP contribution in [0.1, 0.15) is 40.0 Å². The van der Waals surface area contributed by atoms with Crippen molar-refractivity contribution in [3.8, 4) is 0 Å². The van der Waals surface area contributed by atoms with Crippen LogP contribution in [-0.4, -0.2) is 63.5 Å². The minimum Gasteiger partial charge on any atom is -0.382 e. The second kappa shape index (κ2) is 10.6. The summed E-state index contributed by atoms with van der Waals surface area (Å²) in [4.78, 5) is 2.67. The van der Waals surface area contributed by atoms with Crippen molar-refractivity contribution in [1.29, 1.82) is 0 Å².